The van der Waals surface area contributed by atoms with Crippen LogP contribution in [0.5, 0.6) is 0 Å². The van der Waals surface area contributed by atoms with Crippen LogP contribution in [0.25, 0.3) is 11.1 Å². The van der Waals surface area contributed by atoms with Crippen LogP contribution in [0.4, 0.5) is 11.5 Å². The minimum Gasteiger partial charge on any atom is -0.384 e. The molecule has 0 aliphatic carbocycles. The van der Waals surface area contributed by atoms with E-state index in [1.165, 1.54) is 0 Å². The molecule has 4 N–H and O–H groups in total. The number of nitrogen functional groups attached to an aromatic ring is 1. The van der Waals surface area contributed by atoms with E-state index in [1.54, 1.807) is 24.3 Å². The van der Waals surface area contributed by atoms with Crippen LogP contribution in [0.2, 0.25) is 0 Å². The lowest BCUT2D eigenvalue weighted by molar-refractivity contribution is -0.909. The number of nitrogens with one attached hydrogen (secondary N) is 2. The number of carbonyl (C=O) groups excluding carboxylic acids is 1. The summed E-state index contributed by atoms with van der Waals surface area (Å²) in [6.07, 6.45) is 0. The van der Waals surface area contributed by atoms with Gasteiger partial charge in [-0.05, 0) is 17.7 Å². The predicted molar refractivity (Wildman–Crippen MR) is 111 cm³/mol. The van der Waals surface area contributed by atoms with Crippen molar-refractivity contribution in [2.75, 3.05) is 50.9 Å². The van der Waals surface area contributed by atoms with E-state index >= 15 is 0 Å². The average Bonchev–Trinajstić information content (AvgIpc) is 2.68. The van der Waals surface area contributed by atoms with Crippen molar-refractivity contribution in [3.05, 3.63) is 40.0 Å². The normalized spacial score (nSPS) is 15.1. The Kier molecular flexibility index (Phi) is 5.95. The minimum absolute atomic E-state index is 0.0797. The number of aromatic nitrogens is 1. The van der Waals surface area contributed by atoms with Crippen molar-refractivity contribution < 1.29 is 14.0 Å². The van der Waals surface area contributed by atoms with Crippen LogP contribution in [-0.2, 0) is 9.53 Å². The number of pyridine rings is 1. The Bertz CT molecular complexity index is 1070. The van der Waals surface area contributed by atoms with Crippen molar-refractivity contribution in [1.82, 2.24) is 4.98 Å². The number of amides is 1. The lowest BCUT2D eigenvalue weighted by Gasteiger charge is -2.36. The van der Waals surface area contributed by atoms with Gasteiger partial charge in [0.2, 0.25) is 0 Å². The summed E-state index contributed by atoms with van der Waals surface area (Å²) in [4.78, 5) is 15.1. The van der Waals surface area contributed by atoms with Gasteiger partial charge < -0.3 is 25.3 Å². The fraction of sp³-hybridized carbons (Fsp3) is 0.300. The fourth-order valence-corrected chi connectivity index (χ4v) is 3.60. The molecule has 1 fully saturated rings. The summed E-state index contributed by atoms with van der Waals surface area (Å²) in [6.45, 7) is 3.28. The second-order valence-corrected chi connectivity index (χ2v) is 7.59. The molecule has 3 rings (SSSR count). The van der Waals surface area contributed by atoms with Gasteiger partial charge in [0.15, 0.2) is 6.54 Å². The third-order valence-corrected chi connectivity index (χ3v) is 5.31. The maximum Gasteiger partial charge on any atom is 0.279 e. The topological polar surface area (TPSA) is 128 Å². The molecule has 0 bridgehead atoms. The molecule has 0 radical (unpaired) electrons. The highest BCUT2D eigenvalue weighted by atomic mass is 32.1. The smallest absolute Gasteiger partial charge is 0.279 e. The lowest BCUT2D eigenvalue weighted by Crippen LogP contribution is -2.55. The predicted octanol–water partition coefficient (Wildman–Crippen LogP) is 2.15. The first kappa shape index (κ1) is 20.5. The van der Waals surface area contributed by atoms with Crippen molar-refractivity contribution in [2.24, 2.45) is 0 Å². The summed E-state index contributed by atoms with van der Waals surface area (Å²) < 4.78 is 6.18. The number of carbonyl (C=O) groups is 1. The Hall–Kier alpha value is -3.24. The third-order valence-electron chi connectivity index (χ3n) is 5.00. The number of hydrogen-bond donors (Lipinski definition) is 3. The second-order valence-electron chi connectivity index (χ2n) is 7.18. The van der Waals surface area contributed by atoms with Gasteiger partial charge in [0.05, 0.1) is 25.8 Å². The number of quaternary nitrogens is 1. The number of likely N-dealkylation sites (N-methyl/N-ethyl adjacent to an activating group) is 1. The van der Waals surface area contributed by atoms with Gasteiger partial charge >= 0.3 is 0 Å². The molecule has 0 atom stereocenters. The Morgan fingerprint density at radius 1 is 1.24 bits per heavy atom. The SMILES string of the molecule is C[N+]1(CC(=O)Nc2ccc(-c3c(C#N)c(N)[nH]c(=S)c3C#N)cc2)CCOCC1. The van der Waals surface area contributed by atoms with E-state index in [1.807, 2.05) is 19.2 Å². The standard InChI is InChI=1S/C20H20N6O2S/c1-26(6-8-28-9-7-26)12-17(27)24-14-4-2-13(3-5-14)18-15(10-21)19(23)25-20(29)16(18)11-22/h2-5H,6-9,12H2,1H3,(H3-,23,24,25,27,29)/p+1. The molecule has 0 spiro atoms. The third kappa shape index (κ3) is 4.44. The van der Waals surface area contributed by atoms with Crippen molar-refractivity contribution in [2.45, 2.75) is 0 Å². The van der Waals surface area contributed by atoms with Crippen molar-refractivity contribution in [3.8, 4) is 23.3 Å². The molecule has 1 aromatic carbocycles. The quantitative estimate of drug-likeness (QED) is 0.524. The van der Waals surface area contributed by atoms with Crippen molar-refractivity contribution in [3.63, 3.8) is 0 Å². The van der Waals surface area contributed by atoms with Crippen LogP contribution < -0.4 is 11.1 Å². The van der Waals surface area contributed by atoms with Gasteiger partial charge in [-0.1, -0.05) is 24.4 Å². The molecule has 1 saturated heterocycles. The van der Waals surface area contributed by atoms with Gasteiger partial charge in [-0.25, -0.2) is 0 Å². The Morgan fingerprint density at radius 2 is 1.86 bits per heavy atom. The lowest BCUT2D eigenvalue weighted by atomic mass is 9.97. The van der Waals surface area contributed by atoms with E-state index in [0.29, 0.717) is 41.1 Å². The van der Waals surface area contributed by atoms with E-state index < -0.39 is 0 Å². The summed E-state index contributed by atoms with van der Waals surface area (Å²) in [7, 11) is 2.04. The molecule has 1 aliphatic rings. The Morgan fingerprint density at radius 3 is 2.45 bits per heavy atom. The summed E-state index contributed by atoms with van der Waals surface area (Å²) in [6, 6.07) is 11.0. The van der Waals surface area contributed by atoms with Crippen LogP contribution in [-0.4, -0.2) is 55.3 Å². The molecule has 9 heteroatoms. The minimum atomic E-state index is -0.0797. The number of H-pyrrole nitrogens is 1. The van der Waals surface area contributed by atoms with Crippen LogP contribution in [0.15, 0.2) is 24.3 Å². The molecule has 8 nitrogen and oxygen atoms in total. The molecule has 0 saturated carbocycles. The van der Waals surface area contributed by atoms with Gasteiger partial charge in [-0.15, -0.1) is 0 Å². The van der Waals surface area contributed by atoms with Crippen LogP contribution in [0, 0.1) is 27.3 Å². The van der Waals surface area contributed by atoms with E-state index in [2.05, 4.69) is 10.3 Å². The number of hydrogen-bond acceptors (Lipinski definition) is 6. The maximum atomic E-state index is 12.4. The zero-order chi connectivity index (χ0) is 21.0. The van der Waals surface area contributed by atoms with Gasteiger partial charge in [0.1, 0.15) is 41.2 Å². The van der Waals surface area contributed by atoms with Crippen molar-refractivity contribution >= 4 is 29.6 Å². The van der Waals surface area contributed by atoms with Crippen LogP contribution in [0.3, 0.4) is 0 Å². The average molecular weight is 409 g/mol. The number of ether oxygens (including phenoxy) is 1. The molecule has 148 valence electrons. The summed E-state index contributed by atoms with van der Waals surface area (Å²) >= 11 is 5.17. The van der Waals surface area contributed by atoms with Gasteiger partial charge in [0.25, 0.3) is 5.91 Å². The zero-order valence-electron chi connectivity index (χ0n) is 16.0. The van der Waals surface area contributed by atoms with Gasteiger partial charge in [-0.3, -0.25) is 4.79 Å². The summed E-state index contributed by atoms with van der Waals surface area (Å²) in [5.41, 5.74) is 7.86. The molecule has 2 heterocycles. The van der Waals surface area contributed by atoms with E-state index in [4.69, 9.17) is 22.7 Å². The molecule has 2 aromatic rings. The molecule has 1 amide bonds. The van der Waals surface area contributed by atoms with E-state index in [9.17, 15) is 15.3 Å². The molecule has 1 aliphatic heterocycles. The molecular formula is C20H21N6O2S+. The number of anilines is 2. The van der Waals surface area contributed by atoms with Crippen molar-refractivity contribution in [1.29, 1.82) is 10.5 Å². The molecule has 0 unspecified atom stereocenters. The number of aromatic amines is 1. The Labute approximate surface area is 173 Å². The first-order valence-electron chi connectivity index (χ1n) is 9.04. The monoisotopic (exact) mass is 409 g/mol. The van der Waals surface area contributed by atoms with Crippen LogP contribution in [0.1, 0.15) is 11.1 Å². The van der Waals surface area contributed by atoms with E-state index in [0.717, 1.165) is 13.1 Å². The Balaban J connectivity index is 1.83. The van der Waals surface area contributed by atoms with Crippen LogP contribution >= 0.6 is 12.2 Å². The highest BCUT2D eigenvalue weighted by Gasteiger charge is 2.28. The molecule has 1 aromatic heterocycles. The number of nitrogens with zero attached hydrogens (tertiary/aromatic N) is 3. The molecule has 29 heavy (non-hydrogen) atoms. The number of nitrogens with two attached hydrogens (primary N) is 1. The highest BCUT2D eigenvalue weighted by molar-refractivity contribution is 7.71. The maximum absolute atomic E-state index is 12.4. The fourth-order valence-electron chi connectivity index (χ4n) is 3.34. The molecular weight excluding hydrogens is 388 g/mol. The number of benzene rings is 1. The first-order chi connectivity index (χ1) is 13.9. The van der Waals surface area contributed by atoms with E-state index in [-0.39, 0.29) is 27.5 Å². The largest absolute Gasteiger partial charge is 0.384 e. The summed E-state index contributed by atoms with van der Waals surface area (Å²) in [5, 5.41) is 21.8. The number of nitriles is 2. The first-order valence-corrected chi connectivity index (χ1v) is 9.45. The van der Waals surface area contributed by atoms with Gasteiger partial charge in [-0.2, -0.15) is 10.5 Å². The number of morpholine rings is 1. The summed E-state index contributed by atoms with van der Waals surface area (Å²) in [5.74, 6) is 0.0373. The van der Waals surface area contributed by atoms with Gasteiger partial charge in [0, 0.05) is 11.3 Å². The zero-order valence-corrected chi connectivity index (χ0v) is 16.8. The number of rotatable bonds is 4. The highest BCUT2D eigenvalue weighted by Crippen LogP contribution is 2.31. The second kappa shape index (κ2) is 8.41.